The number of aryl methyl sites for hydroxylation is 2. The molecule has 0 bridgehead atoms. The third-order valence-corrected chi connectivity index (χ3v) is 4.94. The fourth-order valence-electron chi connectivity index (χ4n) is 2.14. The predicted molar refractivity (Wildman–Crippen MR) is 80.9 cm³/mol. The molecule has 1 unspecified atom stereocenters. The molecule has 2 rings (SSSR count). The van der Waals surface area contributed by atoms with Crippen molar-refractivity contribution in [3.05, 3.63) is 16.8 Å². The van der Waals surface area contributed by atoms with Crippen molar-refractivity contribution in [2.75, 3.05) is 11.9 Å². The van der Waals surface area contributed by atoms with Gasteiger partial charge in [-0.1, -0.05) is 6.92 Å². The van der Waals surface area contributed by atoms with Crippen molar-refractivity contribution < 1.29 is 5.11 Å². The number of thiophene rings is 1. The Morgan fingerprint density at radius 1 is 1.37 bits per heavy atom. The van der Waals surface area contributed by atoms with Gasteiger partial charge < -0.3 is 10.4 Å². The van der Waals surface area contributed by atoms with Crippen LogP contribution in [0.15, 0.2) is 6.33 Å². The number of anilines is 1. The first-order chi connectivity index (χ1) is 9.00. The number of hydrogen-bond donors (Lipinski definition) is 2. The first-order valence-electron chi connectivity index (χ1n) is 6.60. The highest BCUT2D eigenvalue weighted by Crippen LogP contribution is 2.34. The van der Waals surface area contributed by atoms with Crippen molar-refractivity contribution in [2.45, 2.75) is 46.1 Å². The molecule has 0 fully saturated rings. The van der Waals surface area contributed by atoms with Crippen LogP contribution in [0, 0.1) is 13.8 Å². The highest BCUT2D eigenvalue weighted by Gasteiger charge is 2.23. The zero-order valence-corrected chi connectivity index (χ0v) is 12.8. The van der Waals surface area contributed by atoms with E-state index in [0.29, 0.717) is 6.42 Å². The molecule has 2 aromatic heterocycles. The summed E-state index contributed by atoms with van der Waals surface area (Å²) >= 11 is 1.70. The third-order valence-electron chi connectivity index (χ3n) is 3.83. The Balaban J connectivity index is 2.45. The van der Waals surface area contributed by atoms with E-state index in [-0.39, 0.29) is 12.1 Å². The van der Waals surface area contributed by atoms with Crippen LogP contribution in [0.4, 0.5) is 5.82 Å². The molecule has 0 spiro atoms. The quantitative estimate of drug-likeness (QED) is 0.882. The highest BCUT2D eigenvalue weighted by molar-refractivity contribution is 7.18. The smallest absolute Gasteiger partial charge is 0.138 e. The van der Waals surface area contributed by atoms with Crippen molar-refractivity contribution in [1.82, 2.24) is 9.97 Å². The van der Waals surface area contributed by atoms with Gasteiger partial charge in [-0.25, -0.2) is 9.97 Å². The average Bonchev–Trinajstić information content (AvgIpc) is 2.66. The molecular formula is C14H21N3OS. The van der Waals surface area contributed by atoms with Gasteiger partial charge in [-0.15, -0.1) is 11.3 Å². The molecular weight excluding hydrogens is 258 g/mol. The van der Waals surface area contributed by atoms with Gasteiger partial charge in [-0.2, -0.15) is 0 Å². The molecule has 2 heterocycles. The fraction of sp³-hybridized carbons (Fsp3) is 0.571. The van der Waals surface area contributed by atoms with Crippen LogP contribution in [0.2, 0.25) is 0 Å². The molecule has 0 amide bonds. The highest BCUT2D eigenvalue weighted by atomic mass is 32.1. The number of hydrogen-bond acceptors (Lipinski definition) is 5. The Morgan fingerprint density at radius 2 is 2.11 bits per heavy atom. The summed E-state index contributed by atoms with van der Waals surface area (Å²) in [6.07, 6.45) is 3.24. The molecule has 2 N–H and O–H groups in total. The lowest BCUT2D eigenvalue weighted by molar-refractivity contribution is 0.252. The monoisotopic (exact) mass is 279 g/mol. The summed E-state index contributed by atoms with van der Waals surface area (Å²) in [5, 5.41) is 13.8. The van der Waals surface area contributed by atoms with Gasteiger partial charge >= 0.3 is 0 Å². The second-order valence-electron chi connectivity index (χ2n) is 5.20. The second-order valence-corrected chi connectivity index (χ2v) is 6.40. The first-order valence-corrected chi connectivity index (χ1v) is 7.42. The van der Waals surface area contributed by atoms with Crippen LogP contribution >= 0.6 is 11.3 Å². The Bertz CT molecular complexity index is 581. The minimum absolute atomic E-state index is 0.141. The van der Waals surface area contributed by atoms with Crippen molar-refractivity contribution in [3.63, 3.8) is 0 Å². The Kier molecular flexibility index (Phi) is 4.06. The van der Waals surface area contributed by atoms with Gasteiger partial charge in [0.2, 0.25) is 0 Å². The third kappa shape index (κ3) is 2.72. The molecule has 0 radical (unpaired) electrons. The fourth-order valence-corrected chi connectivity index (χ4v) is 3.13. The maximum absolute atomic E-state index is 9.21. The summed E-state index contributed by atoms with van der Waals surface area (Å²) in [4.78, 5) is 11.0. The SMILES string of the molecule is CCC(C)(CCO)Nc1ncnc2sc(C)c(C)c12. The molecule has 2 aromatic rings. The van der Waals surface area contributed by atoms with Gasteiger partial charge in [0.1, 0.15) is 17.0 Å². The molecule has 19 heavy (non-hydrogen) atoms. The standard InChI is InChI=1S/C14H21N3OS/c1-5-14(4,6-7-18)17-12-11-9(2)10(3)19-13(11)16-8-15-12/h8,18H,5-7H2,1-4H3,(H,15,16,17). The van der Waals surface area contributed by atoms with E-state index in [9.17, 15) is 5.11 Å². The Hall–Kier alpha value is -1.20. The lowest BCUT2D eigenvalue weighted by Gasteiger charge is -2.29. The lowest BCUT2D eigenvalue weighted by atomic mass is 9.94. The zero-order chi connectivity index (χ0) is 14.0. The number of nitrogens with one attached hydrogen (secondary N) is 1. The van der Waals surface area contributed by atoms with E-state index < -0.39 is 0 Å². The maximum atomic E-state index is 9.21. The van der Waals surface area contributed by atoms with Crippen LogP contribution in [0.1, 0.15) is 37.1 Å². The van der Waals surface area contributed by atoms with Crippen molar-refractivity contribution >= 4 is 27.4 Å². The number of fused-ring (bicyclic) bond motifs is 1. The largest absolute Gasteiger partial charge is 0.396 e. The number of aromatic nitrogens is 2. The van der Waals surface area contributed by atoms with Gasteiger partial charge in [0, 0.05) is 17.0 Å². The van der Waals surface area contributed by atoms with Crippen LogP contribution in [0.25, 0.3) is 10.2 Å². The summed E-state index contributed by atoms with van der Waals surface area (Å²) in [5.41, 5.74) is 1.10. The first kappa shape index (κ1) is 14.2. The van der Waals surface area contributed by atoms with Crippen LogP contribution in [0.5, 0.6) is 0 Å². The van der Waals surface area contributed by atoms with E-state index in [1.807, 2.05) is 0 Å². The number of aliphatic hydroxyl groups is 1. The molecule has 0 saturated carbocycles. The number of nitrogens with zero attached hydrogens (tertiary/aromatic N) is 2. The van der Waals surface area contributed by atoms with Crippen molar-refractivity contribution in [3.8, 4) is 0 Å². The topological polar surface area (TPSA) is 58.0 Å². The van der Waals surface area contributed by atoms with Crippen LogP contribution in [-0.2, 0) is 0 Å². The van der Waals surface area contributed by atoms with E-state index in [2.05, 4.69) is 43.0 Å². The number of aliphatic hydroxyl groups excluding tert-OH is 1. The lowest BCUT2D eigenvalue weighted by Crippen LogP contribution is -2.35. The number of rotatable bonds is 5. The molecule has 0 aliphatic heterocycles. The van der Waals surface area contributed by atoms with Gasteiger partial charge in [0.25, 0.3) is 0 Å². The molecule has 1 atom stereocenters. The second kappa shape index (κ2) is 5.43. The van der Waals surface area contributed by atoms with E-state index in [4.69, 9.17) is 0 Å². The average molecular weight is 279 g/mol. The molecule has 5 heteroatoms. The van der Waals surface area contributed by atoms with E-state index in [0.717, 1.165) is 22.5 Å². The van der Waals surface area contributed by atoms with Gasteiger partial charge in [0.05, 0.1) is 5.39 Å². The minimum atomic E-state index is -0.141. The minimum Gasteiger partial charge on any atom is -0.396 e. The summed E-state index contributed by atoms with van der Waals surface area (Å²) < 4.78 is 0. The van der Waals surface area contributed by atoms with Gasteiger partial charge in [-0.05, 0) is 39.2 Å². The maximum Gasteiger partial charge on any atom is 0.138 e. The van der Waals surface area contributed by atoms with E-state index >= 15 is 0 Å². The molecule has 0 saturated heterocycles. The van der Waals surface area contributed by atoms with Crippen molar-refractivity contribution in [2.24, 2.45) is 0 Å². The van der Waals surface area contributed by atoms with Gasteiger partial charge in [0.15, 0.2) is 0 Å². The van der Waals surface area contributed by atoms with Crippen LogP contribution in [0.3, 0.4) is 0 Å². The molecule has 0 aliphatic carbocycles. The molecule has 4 nitrogen and oxygen atoms in total. The Morgan fingerprint density at radius 3 is 2.74 bits per heavy atom. The molecule has 0 aliphatic rings. The van der Waals surface area contributed by atoms with Crippen LogP contribution in [-0.4, -0.2) is 27.2 Å². The van der Waals surface area contributed by atoms with E-state index in [1.165, 1.54) is 10.4 Å². The normalized spacial score (nSPS) is 14.6. The molecule has 104 valence electrons. The van der Waals surface area contributed by atoms with Crippen molar-refractivity contribution in [1.29, 1.82) is 0 Å². The molecule has 0 aromatic carbocycles. The van der Waals surface area contributed by atoms with Crippen LogP contribution < -0.4 is 5.32 Å². The summed E-state index contributed by atoms with van der Waals surface area (Å²) in [6, 6.07) is 0. The van der Waals surface area contributed by atoms with E-state index in [1.54, 1.807) is 17.7 Å². The van der Waals surface area contributed by atoms with Gasteiger partial charge in [-0.3, -0.25) is 0 Å². The Labute approximate surface area is 117 Å². The predicted octanol–water partition coefficient (Wildman–Crippen LogP) is 3.27. The summed E-state index contributed by atoms with van der Waals surface area (Å²) in [7, 11) is 0. The summed E-state index contributed by atoms with van der Waals surface area (Å²) in [6.45, 7) is 8.63. The summed E-state index contributed by atoms with van der Waals surface area (Å²) in [5.74, 6) is 0.879. The zero-order valence-electron chi connectivity index (χ0n) is 11.9.